The number of benzene rings is 1. The number of hydrogen-bond acceptors (Lipinski definition) is 3. The van der Waals surface area contributed by atoms with Crippen LogP contribution in [0.25, 0.3) is 11.0 Å². The quantitative estimate of drug-likeness (QED) is 0.920. The third-order valence-corrected chi connectivity index (χ3v) is 4.34. The van der Waals surface area contributed by atoms with Gasteiger partial charge in [0.2, 0.25) is 5.95 Å². The Bertz CT molecular complexity index is 597. The van der Waals surface area contributed by atoms with Crippen LogP contribution >= 0.6 is 0 Å². The topological polar surface area (TPSA) is 53.1 Å². The summed E-state index contributed by atoms with van der Waals surface area (Å²) in [5, 5.41) is 0. The Morgan fingerprint density at radius 1 is 1.37 bits per heavy atom. The predicted molar refractivity (Wildman–Crippen MR) is 77.3 cm³/mol. The van der Waals surface area contributed by atoms with Crippen LogP contribution in [0.3, 0.4) is 0 Å². The molecule has 1 fully saturated rings. The third kappa shape index (κ3) is 2.15. The summed E-state index contributed by atoms with van der Waals surface area (Å²) in [6, 6.07) is 5.92. The molecule has 1 aliphatic carbocycles. The standard InChI is InChI=1S/C15H21N3O/c1-15(7-3-4-8-15)10-18-13-9-11(19-2)5-6-12(13)17-14(18)16/h5-6,9H,3-4,7-8,10H2,1-2H3,(H2,16,17). The second-order valence-corrected chi connectivity index (χ2v) is 5.93. The van der Waals surface area contributed by atoms with Gasteiger partial charge in [-0.2, -0.15) is 0 Å². The van der Waals surface area contributed by atoms with Gasteiger partial charge in [0.15, 0.2) is 0 Å². The first kappa shape index (κ1) is 12.3. The van der Waals surface area contributed by atoms with E-state index in [2.05, 4.69) is 16.5 Å². The van der Waals surface area contributed by atoms with E-state index < -0.39 is 0 Å². The highest BCUT2D eigenvalue weighted by Crippen LogP contribution is 2.40. The zero-order chi connectivity index (χ0) is 13.5. The zero-order valence-corrected chi connectivity index (χ0v) is 11.6. The molecule has 1 heterocycles. The molecule has 0 atom stereocenters. The van der Waals surface area contributed by atoms with Crippen LogP contribution in [-0.4, -0.2) is 16.7 Å². The fourth-order valence-electron chi connectivity index (χ4n) is 3.18. The van der Waals surface area contributed by atoms with Gasteiger partial charge >= 0.3 is 0 Å². The van der Waals surface area contributed by atoms with Crippen molar-refractivity contribution in [2.24, 2.45) is 5.41 Å². The van der Waals surface area contributed by atoms with Gasteiger partial charge in [-0.25, -0.2) is 4.98 Å². The number of nitrogens with two attached hydrogens (primary N) is 1. The molecule has 0 unspecified atom stereocenters. The number of rotatable bonds is 3. The number of nitrogens with zero attached hydrogens (tertiary/aromatic N) is 2. The molecule has 0 radical (unpaired) electrons. The van der Waals surface area contributed by atoms with Crippen LogP contribution in [0.2, 0.25) is 0 Å². The number of ether oxygens (including phenoxy) is 1. The van der Waals surface area contributed by atoms with E-state index >= 15 is 0 Å². The van der Waals surface area contributed by atoms with Crippen molar-refractivity contribution in [1.82, 2.24) is 9.55 Å². The van der Waals surface area contributed by atoms with Crippen molar-refractivity contribution >= 4 is 17.0 Å². The van der Waals surface area contributed by atoms with Crippen LogP contribution in [-0.2, 0) is 6.54 Å². The first-order valence-electron chi connectivity index (χ1n) is 6.91. The fourth-order valence-corrected chi connectivity index (χ4v) is 3.18. The largest absolute Gasteiger partial charge is 0.497 e. The molecule has 0 spiro atoms. The van der Waals surface area contributed by atoms with Gasteiger partial charge in [0.25, 0.3) is 0 Å². The van der Waals surface area contributed by atoms with Crippen LogP contribution in [0.1, 0.15) is 32.6 Å². The summed E-state index contributed by atoms with van der Waals surface area (Å²) < 4.78 is 7.44. The Hall–Kier alpha value is -1.71. The lowest BCUT2D eigenvalue weighted by Crippen LogP contribution is -2.20. The molecule has 0 amide bonds. The molecule has 2 N–H and O–H groups in total. The first-order chi connectivity index (χ1) is 9.11. The molecule has 1 aromatic heterocycles. The van der Waals surface area contributed by atoms with Crippen LogP contribution < -0.4 is 10.5 Å². The van der Waals surface area contributed by atoms with Crippen molar-refractivity contribution in [3.05, 3.63) is 18.2 Å². The van der Waals surface area contributed by atoms with E-state index in [4.69, 9.17) is 10.5 Å². The molecule has 0 aliphatic heterocycles. The smallest absolute Gasteiger partial charge is 0.201 e. The first-order valence-corrected chi connectivity index (χ1v) is 6.91. The summed E-state index contributed by atoms with van der Waals surface area (Å²) in [6.07, 6.45) is 5.20. The average molecular weight is 259 g/mol. The zero-order valence-electron chi connectivity index (χ0n) is 11.6. The lowest BCUT2D eigenvalue weighted by Gasteiger charge is -2.24. The van der Waals surface area contributed by atoms with Gasteiger partial charge in [0.1, 0.15) is 5.75 Å². The van der Waals surface area contributed by atoms with E-state index in [9.17, 15) is 0 Å². The van der Waals surface area contributed by atoms with Gasteiger partial charge in [-0.3, -0.25) is 0 Å². The summed E-state index contributed by atoms with van der Waals surface area (Å²) in [5.41, 5.74) is 8.46. The summed E-state index contributed by atoms with van der Waals surface area (Å²) in [4.78, 5) is 4.45. The molecule has 102 valence electrons. The highest BCUT2D eigenvalue weighted by atomic mass is 16.5. The van der Waals surface area contributed by atoms with E-state index in [1.165, 1.54) is 25.7 Å². The van der Waals surface area contributed by atoms with Crippen LogP contribution in [0.15, 0.2) is 18.2 Å². The normalized spacial score (nSPS) is 18.0. The number of hydrogen-bond donors (Lipinski definition) is 1. The van der Waals surface area contributed by atoms with Gasteiger partial charge in [-0.1, -0.05) is 19.8 Å². The van der Waals surface area contributed by atoms with Gasteiger partial charge < -0.3 is 15.0 Å². The van der Waals surface area contributed by atoms with Crippen LogP contribution in [0.4, 0.5) is 5.95 Å². The summed E-state index contributed by atoms with van der Waals surface area (Å²) >= 11 is 0. The highest BCUT2D eigenvalue weighted by Gasteiger charge is 2.30. The summed E-state index contributed by atoms with van der Waals surface area (Å²) in [6.45, 7) is 3.30. The Labute approximate surface area is 113 Å². The van der Waals surface area contributed by atoms with Crippen LogP contribution in [0.5, 0.6) is 5.75 Å². The monoisotopic (exact) mass is 259 g/mol. The third-order valence-electron chi connectivity index (χ3n) is 4.34. The molecule has 0 bridgehead atoms. The number of imidazole rings is 1. The SMILES string of the molecule is COc1ccc2nc(N)n(CC3(C)CCCC3)c2c1. The maximum absolute atomic E-state index is 6.09. The van der Waals surface area contributed by atoms with Crippen LogP contribution in [0, 0.1) is 5.41 Å². The Morgan fingerprint density at radius 2 is 2.11 bits per heavy atom. The molecule has 1 aromatic carbocycles. The van der Waals surface area contributed by atoms with Gasteiger partial charge in [0, 0.05) is 12.6 Å². The van der Waals surface area contributed by atoms with E-state index in [1.807, 2.05) is 18.2 Å². The van der Waals surface area contributed by atoms with E-state index in [0.29, 0.717) is 11.4 Å². The Balaban J connectivity index is 2.03. The number of nitrogen functional groups attached to an aromatic ring is 1. The Kier molecular flexibility index (Phi) is 2.88. The maximum atomic E-state index is 6.09. The number of aromatic nitrogens is 2. The fraction of sp³-hybridized carbons (Fsp3) is 0.533. The molecular formula is C15H21N3O. The lowest BCUT2D eigenvalue weighted by molar-refractivity contribution is 0.287. The highest BCUT2D eigenvalue weighted by molar-refractivity contribution is 5.79. The van der Waals surface area contributed by atoms with Crippen molar-refractivity contribution in [1.29, 1.82) is 0 Å². The van der Waals surface area contributed by atoms with E-state index in [-0.39, 0.29) is 0 Å². The van der Waals surface area contributed by atoms with Gasteiger partial charge in [-0.05, 0) is 30.4 Å². The molecule has 3 rings (SSSR count). The molecule has 19 heavy (non-hydrogen) atoms. The molecular weight excluding hydrogens is 238 g/mol. The molecule has 2 aromatic rings. The molecule has 4 nitrogen and oxygen atoms in total. The summed E-state index contributed by atoms with van der Waals surface area (Å²) in [7, 11) is 1.68. The second kappa shape index (κ2) is 4.44. The van der Waals surface area contributed by atoms with Crippen molar-refractivity contribution in [3.63, 3.8) is 0 Å². The van der Waals surface area contributed by atoms with Crippen molar-refractivity contribution in [2.45, 2.75) is 39.2 Å². The maximum Gasteiger partial charge on any atom is 0.201 e. The second-order valence-electron chi connectivity index (χ2n) is 5.93. The lowest BCUT2D eigenvalue weighted by atomic mass is 9.89. The minimum atomic E-state index is 0.352. The van der Waals surface area contributed by atoms with Gasteiger partial charge in [-0.15, -0.1) is 0 Å². The summed E-state index contributed by atoms with van der Waals surface area (Å²) in [5.74, 6) is 1.46. The van der Waals surface area contributed by atoms with Crippen molar-refractivity contribution < 1.29 is 4.74 Å². The number of anilines is 1. The van der Waals surface area contributed by atoms with Crippen molar-refractivity contribution in [3.8, 4) is 5.75 Å². The van der Waals surface area contributed by atoms with Crippen molar-refractivity contribution in [2.75, 3.05) is 12.8 Å². The molecule has 1 aliphatic rings. The average Bonchev–Trinajstić information content (AvgIpc) is 2.95. The molecule has 4 heteroatoms. The van der Waals surface area contributed by atoms with Gasteiger partial charge in [0.05, 0.1) is 18.1 Å². The molecule has 1 saturated carbocycles. The molecule has 0 saturated heterocycles. The van der Waals surface area contributed by atoms with E-state index in [0.717, 1.165) is 23.3 Å². The Morgan fingerprint density at radius 3 is 2.79 bits per heavy atom. The van der Waals surface area contributed by atoms with E-state index in [1.54, 1.807) is 7.11 Å². The number of methoxy groups -OCH3 is 1. The minimum Gasteiger partial charge on any atom is -0.497 e. The number of fused-ring (bicyclic) bond motifs is 1. The predicted octanol–water partition coefficient (Wildman–Crippen LogP) is 3.21. The minimum absolute atomic E-state index is 0.352.